The highest BCUT2D eigenvalue weighted by atomic mass is 16.5. The average molecular weight is 219 g/mol. The van der Waals surface area contributed by atoms with Crippen molar-refractivity contribution in [1.29, 1.82) is 0 Å². The summed E-state index contributed by atoms with van der Waals surface area (Å²) in [6.45, 7) is 3.56. The van der Waals surface area contributed by atoms with Crippen molar-refractivity contribution in [2.45, 2.75) is 18.9 Å². The zero-order chi connectivity index (χ0) is 11.8. The normalized spacial score (nSPS) is 11.8. The quantitative estimate of drug-likeness (QED) is 0.585. The Hall–Kier alpha value is -1.61. The number of nitrogens with two attached hydrogens (primary N) is 1. The van der Waals surface area contributed by atoms with Crippen molar-refractivity contribution in [3.8, 4) is 0 Å². The van der Waals surface area contributed by atoms with E-state index in [1.165, 1.54) is 5.56 Å². The Labute approximate surface area is 95.9 Å². The standard InChI is InChI=1S/C13H17NO2/c1-2-13(15)16-10-12(14)9-8-11-6-4-3-5-7-11/h2-7,12H,1,8-10,14H2. The molecule has 0 saturated carbocycles. The maximum Gasteiger partial charge on any atom is 0.330 e. The molecule has 3 heteroatoms. The molecule has 16 heavy (non-hydrogen) atoms. The number of carbonyl (C=O) groups is 1. The van der Waals surface area contributed by atoms with E-state index in [2.05, 4.69) is 18.7 Å². The molecule has 0 aliphatic carbocycles. The van der Waals surface area contributed by atoms with E-state index in [4.69, 9.17) is 10.5 Å². The van der Waals surface area contributed by atoms with Crippen LogP contribution in [-0.4, -0.2) is 18.6 Å². The second-order valence-electron chi connectivity index (χ2n) is 3.62. The van der Waals surface area contributed by atoms with Gasteiger partial charge in [-0.15, -0.1) is 0 Å². The number of rotatable bonds is 6. The average Bonchev–Trinajstić information content (AvgIpc) is 2.34. The summed E-state index contributed by atoms with van der Waals surface area (Å²) in [7, 11) is 0. The van der Waals surface area contributed by atoms with Crippen molar-refractivity contribution < 1.29 is 9.53 Å². The van der Waals surface area contributed by atoms with Gasteiger partial charge in [0.1, 0.15) is 6.61 Å². The molecule has 1 aromatic rings. The first-order valence-electron chi connectivity index (χ1n) is 5.31. The van der Waals surface area contributed by atoms with E-state index < -0.39 is 5.97 Å². The van der Waals surface area contributed by atoms with Gasteiger partial charge in [0.2, 0.25) is 0 Å². The van der Waals surface area contributed by atoms with Crippen LogP contribution in [0.2, 0.25) is 0 Å². The van der Waals surface area contributed by atoms with E-state index in [-0.39, 0.29) is 12.6 Å². The summed E-state index contributed by atoms with van der Waals surface area (Å²) < 4.78 is 4.86. The van der Waals surface area contributed by atoms with Crippen LogP contribution >= 0.6 is 0 Å². The van der Waals surface area contributed by atoms with Gasteiger partial charge in [0.25, 0.3) is 0 Å². The Morgan fingerprint density at radius 3 is 2.75 bits per heavy atom. The number of aryl methyl sites for hydroxylation is 1. The van der Waals surface area contributed by atoms with Crippen molar-refractivity contribution in [3.05, 3.63) is 48.6 Å². The maximum absolute atomic E-state index is 10.8. The van der Waals surface area contributed by atoms with E-state index in [1.54, 1.807) is 0 Å². The molecule has 0 aliphatic heterocycles. The molecule has 0 spiro atoms. The molecule has 0 bridgehead atoms. The van der Waals surface area contributed by atoms with Crippen LogP contribution < -0.4 is 5.73 Å². The van der Waals surface area contributed by atoms with Crippen molar-refractivity contribution in [2.75, 3.05) is 6.61 Å². The lowest BCUT2D eigenvalue weighted by atomic mass is 10.1. The largest absolute Gasteiger partial charge is 0.461 e. The lowest BCUT2D eigenvalue weighted by molar-refractivity contribution is -0.138. The number of benzene rings is 1. The van der Waals surface area contributed by atoms with Gasteiger partial charge in [0.15, 0.2) is 0 Å². The van der Waals surface area contributed by atoms with Gasteiger partial charge in [-0.05, 0) is 18.4 Å². The zero-order valence-corrected chi connectivity index (χ0v) is 9.26. The third kappa shape index (κ3) is 4.75. The monoisotopic (exact) mass is 219 g/mol. The second kappa shape index (κ2) is 6.80. The first-order valence-corrected chi connectivity index (χ1v) is 5.31. The van der Waals surface area contributed by atoms with Crippen molar-refractivity contribution >= 4 is 5.97 Å². The number of esters is 1. The minimum absolute atomic E-state index is 0.121. The summed E-state index contributed by atoms with van der Waals surface area (Å²) in [5, 5.41) is 0. The SMILES string of the molecule is C=CC(=O)OCC(N)CCc1ccccc1. The Balaban J connectivity index is 2.22. The number of carbonyl (C=O) groups excluding carboxylic acids is 1. The van der Waals surface area contributed by atoms with E-state index in [1.807, 2.05) is 18.2 Å². The fourth-order valence-electron chi connectivity index (χ4n) is 1.33. The van der Waals surface area contributed by atoms with Crippen molar-refractivity contribution in [3.63, 3.8) is 0 Å². The summed E-state index contributed by atoms with van der Waals surface area (Å²) in [4.78, 5) is 10.8. The smallest absolute Gasteiger partial charge is 0.330 e. The van der Waals surface area contributed by atoms with Crippen molar-refractivity contribution in [2.24, 2.45) is 5.73 Å². The van der Waals surface area contributed by atoms with Gasteiger partial charge in [-0.1, -0.05) is 36.9 Å². The Morgan fingerprint density at radius 2 is 2.12 bits per heavy atom. The predicted molar refractivity (Wildman–Crippen MR) is 63.9 cm³/mol. The first kappa shape index (κ1) is 12.5. The van der Waals surface area contributed by atoms with Gasteiger partial charge in [-0.3, -0.25) is 0 Å². The molecule has 0 heterocycles. The highest BCUT2D eigenvalue weighted by Gasteiger charge is 2.05. The van der Waals surface area contributed by atoms with Crippen LogP contribution in [0.1, 0.15) is 12.0 Å². The minimum atomic E-state index is -0.421. The number of hydrogen-bond acceptors (Lipinski definition) is 3. The molecule has 86 valence electrons. The molecule has 0 saturated heterocycles. The molecule has 1 aromatic carbocycles. The molecule has 0 radical (unpaired) electrons. The Morgan fingerprint density at radius 1 is 1.44 bits per heavy atom. The van der Waals surface area contributed by atoms with E-state index >= 15 is 0 Å². The van der Waals surface area contributed by atoms with Gasteiger partial charge in [-0.25, -0.2) is 4.79 Å². The fraction of sp³-hybridized carbons (Fsp3) is 0.308. The highest BCUT2D eigenvalue weighted by molar-refractivity contribution is 5.81. The van der Waals surface area contributed by atoms with Crippen LogP contribution in [-0.2, 0) is 16.0 Å². The Kier molecular flexibility index (Phi) is 5.29. The van der Waals surface area contributed by atoms with Crippen LogP contribution in [0.15, 0.2) is 43.0 Å². The lowest BCUT2D eigenvalue weighted by Gasteiger charge is -2.11. The van der Waals surface area contributed by atoms with Gasteiger partial charge in [0, 0.05) is 12.1 Å². The summed E-state index contributed by atoms with van der Waals surface area (Å²) in [6.07, 6.45) is 2.84. The third-order valence-electron chi connectivity index (χ3n) is 2.25. The first-order chi connectivity index (χ1) is 7.72. The van der Waals surface area contributed by atoms with Crippen LogP contribution in [0, 0.1) is 0 Å². The van der Waals surface area contributed by atoms with Crippen LogP contribution in [0.5, 0.6) is 0 Å². The molecule has 0 amide bonds. The number of hydrogen-bond donors (Lipinski definition) is 1. The van der Waals surface area contributed by atoms with E-state index in [9.17, 15) is 4.79 Å². The van der Waals surface area contributed by atoms with Crippen LogP contribution in [0.4, 0.5) is 0 Å². The third-order valence-corrected chi connectivity index (χ3v) is 2.25. The molecular weight excluding hydrogens is 202 g/mol. The van der Waals surface area contributed by atoms with Gasteiger partial charge < -0.3 is 10.5 Å². The second-order valence-corrected chi connectivity index (χ2v) is 3.62. The summed E-state index contributed by atoms with van der Waals surface area (Å²) in [5.74, 6) is -0.421. The lowest BCUT2D eigenvalue weighted by Crippen LogP contribution is -2.27. The molecule has 0 fully saturated rings. The predicted octanol–water partition coefficient (Wildman–Crippen LogP) is 1.68. The maximum atomic E-state index is 10.8. The molecule has 3 nitrogen and oxygen atoms in total. The van der Waals surface area contributed by atoms with E-state index in [0.717, 1.165) is 18.9 Å². The molecule has 1 rings (SSSR count). The molecule has 0 aromatic heterocycles. The molecular formula is C13H17NO2. The summed E-state index contributed by atoms with van der Waals surface area (Å²) >= 11 is 0. The van der Waals surface area contributed by atoms with E-state index in [0.29, 0.717) is 0 Å². The van der Waals surface area contributed by atoms with Gasteiger partial charge in [0.05, 0.1) is 0 Å². The molecule has 1 atom stereocenters. The minimum Gasteiger partial charge on any atom is -0.461 e. The molecule has 1 unspecified atom stereocenters. The fourth-order valence-corrected chi connectivity index (χ4v) is 1.33. The topological polar surface area (TPSA) is 52.3 Å². The Bertz CT molecular complexity index is 335. The van der Waals surface area contributed by atoms with Crippen LogP contribution in [0.25, 0.3) is 0 Å². The van der Waals surface area contributed by atoms with Gasteiger partial charge in [-0.2, -0.15) is 0 Å². The summed E-state index contributed by atoms with van der Waals surface area (Å²) in [5.41, 5.74) is 7.06. The summed E-state index contributed by atoms with van der Waals surface area (Å²) in [6, 6.07) is 9.97. The number of ether oxygens (including phenoxy) is 1. The molecule has 0 aliphatic rings. The molecule has 2 N–H and O–H groups in total. The van der Waals surface area contributed by atoms with Crippen molar-refractivity contribution in [1.82, 2.24) is 0 Å². The highest BCUT2D eigenvalue weighted by Crippen LogP contribution is 2.04. The zero-order valence-electron chi connectivity index (χ0n) is 9.26. The van der Waals surface area contributed by atoms with Gasteiger partial charge >= 0.3 is 5.97 Å². The van der Waals surface area contributed by atoms with Crippen LogP contribution in [0.3, 0.4) is 0 Å².